The summed E-state index contributed by atoms with van der Waals surface area (Å²) < 4.78 is 73.9. The lowest BCUT2D eigenvalue weighted by molar-refractivity contribution is -0.161. The zero-order valence-corrected chi connectivity index (χ0v) is 66.2. The third kappa shape index (κ3) is 9.82. The largest absolute Gasteiger partial charge is 0.508 e. The van der Waals surface area contributed by atoms with Crippen molar-refractivity contribution in [3.8, 4) is 46.0 Å². The zero-order valence-electron chi connectivity index (χ0n) is 64.5. The number of para-hydroxylation sites is 1. The van der Waals surface area contributed by atoms with Crippen LogP contribution in [-0.2, 0) is 63.7 Å². The number of aromatic amines is 1. The van der Waals surface area contributed by atoms with Crippen molar-refractivity contribution in [2.45, 2.75) is 168 Å². The Balaban J connectivity index is 0.747. The number of aliphatic hydroxyl groups is 2. The van der Waals surface area contributed by atoms with Gasteiger partial charge in [0, 0.05) is 159 Å². The van der Waals surface area contributed by atoms with E-state index in [2.05, 4.69) is 75.3 Å². The number of benzene rings is 5. The van der Waals surface area contributed by atoms with Crippen LogP contribution in [0.15, 0.2) is 76.1 Å². The van der Waals surface area contributed by atoms with Crippen LogP contribution >= 0.6 is 23.5 Å². The van der Waals surface area contributed by atoms with Crippen LogP contribution in [0, 0.1) is 32.6 Å². The van der Waals surface area contributed by atoms with Crippen molar-refractivity contribution in [2.75, 3.05) is 86.1 Å². The first kappa shape index (κ1) is 72.3. The van der Waals surface area contributed by atoms with E-state index in [0.717, 1.165) is 55.3 Å². The van der Waals surface area contributed by atoms with Gasteiger partial charge in [0.15, 0.2) is 51.3 Å². The molecule has 28 heteroatoms. The minimum atomic E-state index is -1.64. The maximum Gasteiger partial charge on any atom is 0.335 e. The Morgan fingerprint density at radius 3 is 2.05 bits per heavy atom. The van der Waals surface area contributed by atoms with E-state index in [1.165, 1.54) is 25.6 Å². The van der Waals surface area contributed by atoms with E-state index in [4.69, 9.17) is 57.5 Å². The number of aromatic hydroxyl groups is 1. The Hall–Kier alpha value is -8.68. The number of nitrogens with two attached hydrogens (primary N) is 1. The van der Waals surface area contributed by atoms with Crippen LogP contribution < -0.4 is 49.5 Å². The Morgan fingerprint density at radius 2 is 1.35 bits per heavy atom. The second kappa shape index (κ2) is 25.4. The molecular weight excluding hydrogens is 1470 g/mol. The van der Waals surface area contributed by atoms with E-state index >= 15 is 9.59 Å². The molecule has 19 atom stereocenters. The topological polar surface area (TPSA) is 313 Å². The van der Waals surface area contributed by atoms with Gasteiger partial charge in [0.1, 0.15) is 41.8 Å². The van der Waals surface area contributed by atoms with E-state index < -0.39 is 111 Å². The fraction of sp³-hybridized carbons (Fsp3) is 0.500. The molecule has 6 fully saturated rings. The average Bonchev–Trinajstić information content (AvgIpc) is 1.39. The van der Waals surface area contributed by atoms with Gasteiger partial charge in [0.25, 0.3) is 6.29 Å². The van der Waals surface area contributed by atoms with Crippen molar-refractivity contribution in [1.82, 2.24) is 35.2 Å². The first-order chi connectivity index (χ1) is 53.8. The summed E-state index contributed by atoms with van der Waals surface area (Å²) in [5, 5.41) is 44.4. The molecule has 6 saturated heterocycles. The van der Waals surface area contributed by atoms with Gasteiger partial charge >= 0.3 is 23.9 Å². The first-order valence-corrected chi connectivity index (χ1v) is 40.9. The molecular formula is C84H92N8O18S2. The molecule has 0 amide bonds. The molecule has 0 radical (unpaired) electrons. The van der Waals surface area contributed by atoms with Crippen molar-refractivity contribution in [1.29, 1.82) is 0 Å². The van der Waals surface area contributed by atoms with Crippen LogP contribution in [0.5, 0.6) is 46.0 Å². The number of H-pyrrole nitrogens is 1. The van der Waals surface area contributed by atoms with Crippen LogP contribution in [0.2, 0.25) is 0 Å². The fourth-order valence-corrected chi connectivity index (χ4v) is 26.7. The number of likely N-dealkylation sites (N-methyl/N-ethyl adjacent to an activating group) is 2. The summed E-state index contributed by atoms with van der Waals surface area (Å²) in [5.41, 5.74) is 13.5. The predicted molar refractivity (Wildman–Crippen MR) is 413 cm³/mol. The number of furan rings is 1. The maximum atomic E-state index is 16.4. The van der Waals surface area contributed by atoms with E-state index in [9.17, 15) is 24.9 Å². The number of esters is 4. The van der Waals surface area contributed by atoms with Crippen LogP contribution in [0.4, 0.5) is 0 Å². The molecule has 17 aliphatic rings. The van der Waals surface area contributed by atoms with Gasteiger partial charge in [-0.2, -0.15) is 0 Å². The molecule has 2 aromatic heterocycles. The minimum absolute atomic E-state index is 0.0160. The number of hydrogen-bond donors (Lipinski definition) is 7. The van der Waals surface area contributed by atoms with E-state index in [-0.39, 0.29) is 73.9 Å². The maximum absolute atomic E-state index is 16.4. The number of methoxy groups -OCH3 is 2. The van der Waals surface area contributed by atoms with Crippen molar-refractivity contribution in [3.05, 3.63) is 150 Å². The third-order valence-electron chi connectivity index (χ3n) is 27.1. The van der Waals surface area contributed by atoms with Crippen molar-refractivity contribution >= 4 is 69.3 Å². The number of rotatable bonds is 7. The second-order valence-electron chi connectivity index (χ2n) is 33.7. The smallest absolute Gasteiger partial charge is 0.335 e. The molecule has 588 valence electrons. The summed E-state index contributed by atoms with van der Waals surface area (Å²) >= 11 is 3.05. The number of ether oxygens (including phenoxy) is 10. The highest BCUT2D eigenvalue weighted by Crippen LogP contribution is 2.69. The molecule has 112 heavy (non-hydrogen) atoms. The lowest BCUT2D eigenvalue weighted by Gasteiger charge is -2.62. The summed E-state index contributed by atoms with van der Waals surface area (Å²) in [6, 6.07) is 11.2. The Morgan fingerprint density at radius 1 is 0.705 bits per heavy atom. The minimum Gasteiger partial charge on any atom is -0.508 e. The van der Waals surface area contributed by atoms with E-state index in [1.807, 2.05) is 70.2 Å². The number of nitrogens with zero attached hydrogens (tertiary/aromatic N) is 4. The molecule has 0 saturated carbocycles. The van der Waals surface area contributed by atoms with Crippen molar-refractivity contribution < 1.29 is 86.3 Å². The number of piperazine rings is 2. The van der Waals surface area contributed by atoms with Crippen molar-refractivity contribution in [3.63, 3.8) is 0 Å². The molecule has 2 spiro atoms. The molecule has 16 aliphatic heterocycles. The number of aromatic nitrogens is 1. The van der Waals surface area contributed by atoms with Gasteiger partial charge in [-0.1, -0.05) is 42.5 Å². The van der Waals surface area contributed by atoms with Crippen molar-refractivity contribution in [2.24, 2.45) is 17.6 Å². The molecule has 18 heterocycles. The molecule has 8 N–H and O–H groups in total. The number of allylic oxidation sites excluding steroid dienone is 2. The standard InChI is InChI=1S/C84H92N8O18S2/c1-35-20-41-24-81(7)30-89(9)60(53(41)64(96)66(35)100-11)62-74-58-56(72-70(104-34-105-72)37(3)68(58)106-39(5)94)50(91(62)81)28-102-79(98)83(32-111-74)76-48(22-43(26-85)87-83)55-46(17-15-18-49(55)86-76)78-109-71-38(4)69(107-40(6)95)59-57(73(71)110-78)51-29-103-80(99)84(77-47(23-44(27-93)88-84)45-16-13-14-19-52(45)108-77)33-112-75(59)63-61-54-42(21-36(2)67(101-12)65(54)97)25-82(8,92(51)63)31-90(61)10/h13-21,41,43-44,50-51,53,60-63,74-75,78,86-88,93,96-97H,22-34,85H2,1-12H3/t41?,43-,44+,50?,51?,53?,60+,61?,62-,63-,74-,75-,78?,81?,82?,83-,84-/m1/s1. The number of aryl methyl sites for hydroxylation is 1. The lowest BCUT2D eigenvalue weighted by atomic mass is 9.73. The third-order valence-corrected chi connectivity index (χ3v) is 30.0. The normalized spacial score (nSPS) is 34.3. The number of fused-ring (bicyclic) bond motifs is 16. The quantitative estimate of drug-likeness (QED) is 0.0577. The molecule has 7 aromatic rings. The molecule has 26 nitrogen and oxygen atoms in total. The second-order valence-corrected chi connectivity index (χ2v) is 36.0. The number of carbonyl (C=O) groups is 4. The molecule has 10 unspecified atom stereocenters. The molecule has 8 bridgehead atoms. The van der Waals surface area contributed by atoms with Crippen LogP contribution in [0.3, 0.4) is 0 Å². The van der Waals surface area contributed by atoms with Gasteiger partial charge in [-0.05, 0) is 122 Å². The number of thioether (sulfide) groups is 2. The number of carbonyl (C=O) groups excluding carboxylic acids is 4. The highest BCUT2D eigenvalue weighted by molar-refractivity contribution is 7.99. The fourth-order valence-electron chi connectivity index (χ4n) is 23.4. The Kier molecular flexibility index (Phi) is 16.4. The van der Waals surface area contributed by atoms with E-state index in [0.29, 0.717) is 129 Å². The van der Waals surface area contributed by atoms with Gasteiger partial charge in [-0.15, -0.1) is 23.5 Å². The molecule has 5 aromatic carbocycles. The van der Waals surface area contributed by atoms with E-state index in [1.54, 1.807) is 26.0 Å². The SMILES string of the molecule is COC1=C(O)C2C(C=C1C)CC1(C)CN(C)[C@@H]2[C@@H]2[C@@H]3SC[C@]4(N[C@@H](CN)Cc5c4[nH]c4cccc(C6Oc7c(C)c(OC(C)=O)c8c(c7O6)C6COC(=O)[C@]7(CS[C@H]8[C@H]8C9c%10c(cc(C)c(OC)c%10O)CC(C)(CN9C)N68)N[C@H](CO)Cc6c7oc7ccccc67)c54)C(=O)OCC(c4c5c(c(C)c(OC(C)=O)c43)OCO5)N21. The number of hydrogen-bond acceptors (Lipinski definition) is 27. The number of phenols is 1. The Bertz CT molecular complexity index is 5370. The van der Waals surface area contributed by atoms with Gasteiger partial charge in [-0.3, -0.25) is 39.8 Å². The van der Waals surface area contributed by atoms with Gasteiger partial charge in [0.05, 0.1) is 55.1 Å². The number of aliphatic hydroxyl groups excluding tert-OH is 2. The van der Waals surface area contributed by atoms with Crippen LogP contribution in [0.1, 0.15) is 154 Å². The molecule has 24 rings (SSSR count). The lowest BCUT2D eigenvalue weighted by Crippen LogP contribution is -2.71. The number of phenolic OH excluding ortho intramolecular Hbond substituents is 1. The number of nitrogens with one attached hydrogen (secondary N) is 3. The zero-order chi connectivity index (χ0) is 77.7. The monoisotopic (exact) mass is 1560 g/mol. The molecule has 1 aliphatic carbocycles. The summed E-state index contributed by atoms with van der Waals surface area (Å²) in [6.07, 6.45) is 2.93. The van der Waals surface area contributed by atoms with Gasteiger partial charge < -0.3 is 77.8 Å². The first-order valence-electron chi connectivity index (χ1n) is 38.8. The van der Waals surface area contributed by atoms with Gasteiger partial charge in [-0.25, -0.2) is 9.59 Å². The van der Waals surface area contributed by atoms with Crippen LogP contribution in [0.25, 0.3) is 21.9 Å². The summed E-state index contributed by atoms with van der Waals surface area (Å²) in [6.45, 7) is 15.4. The summed E-state index contributed by atoms with van der Waals surface area (Å²) in [7, 11) is 7.36. The Labute approximate surface area is 655 Å². The summed E-state index contributed by atoms with van der Waals surface area (Å²) in [4.78, 5) is 73.8. The highest BCUT2D eigenvalue weighted by atomic mass is 32.2. The van der Waals surface area contributed by atoms with Crippen LogP contribution in [-0.4, -0.2) is 191 Å². The average molecular weight is 1570 g/mol. The highest BCUT2D eigenvalue weighted by Gasteiger charge is 2.68. The van der Waals surface area contributed by atoms with Gasteiger partial charge in [0.2, 0.25) is 6.79 Å². The predicted octanol–water partition coefficient (Wildman–Crippen LogP) is 9.57. The summed E-state index contributed by atoms with van der Waals surface area (Å²) in [5.74, 6) is 1.06.